The van der Waals surface area contributed by atoms with E-state index < -0.39 is 0 Å². The molecule has 2 atom stereocenters. The summed E-state index contributed by atoms with van der Waals surface area (Å²) in [4.78, 5) is 0. The molecular formula is C14H25N. The highest BCUT2D eigenvalue weighted by Crippen LogP contribution is 2.44. The molecular weight excluding hydrogens is 182 g/mol. The number of hydrogen-bond donors (Lipinski definition) is 1. The topological polar surface area (TPSA) is 12.0 Å². The van der Waals surface area contributed by atoms with Crippen LogP contribution in [-0.4, -0.2) is 12.1 Å². The summed E-state index contributed by atoms with van der Waals surface area (Å²) in [6.45, 7) is 0. The molecule has 1 nitrogen and oxygen atoms in total. The van der Waals surface area contributed by atoms with E-state index in [0.29, 0.717) is 0 Å². The predicted molar refractivity (Wildman–Crippen MR) is 63.9 cm³/mol. The van der Waals surface area contributed by atoms with Gasteiger partial charge >= 0.3 is 0 Å². The Kier molecular flexibility index (Phi) is 3.01. The Balaban J connectivity index is 1.47. The van der Waals surface area contributed by atoms with Crippen LogP contribution in [0, 0.1) is 11.8 Å². The van der Waals surface area contributed by atoms with Crippen LogP contribution < -0.4 is 5.32 Å². The van der Waals surface area contributed by atoms with Gasteiger partial charge in [0.2, 0.25) is 0 Å². The van der Waals surface area contributed by atoms with Gasteiger partial charge in [-0.15, -0.1) is 0 Å². The third-order valence-corrected chi connectivity index (χ3v) is 4.83. The molecule has 86 valence electrons. The van der Waals surface area contributed by atoms with Crippen molar-refractivity contribution in [3.63, 3.8) is 0 Å². The van der Waals surface area contributed by atoms with Crippen LogP contribution in [0.25, 0.3) is 0 Å². The molecule has 0 bridgehead atoms. The van der Waals surface area contributed by atoms with Crippen molar-refractivity contribution in [3.05, 3.63) is 0 Å². The maximum atomic E-state index is 3.93. The van der Waals surface area contributed by atoms with Gasteiger partial charge in [-0.3, -0.25) is 0 Å². The summed E-state index contributed by atoms with van der Waals surface area (Å²) < 4.78 is 0. The summed E-state index contributed by atoms with van der Waals surface area (Å²) in [6.07, 6.45) is 14.9. The maximum absolute atomic E-state index is 3.93. The van der Waals surface area contributed by atoms with E-state index in [1.54, 1.807) is 12.8 Å². The SMILES string of the molecule is C1CCC(NC2CCCC(C3CC3)C2)C1. The Labute approximate surface area is 94.0 Å². The van der Waals surface area contributed by atoms with Crippen molar-refractivity contribution in [1.29, 1.82) is 0 Å². The highest BCUT2D eigenvalue weighted by Gasteiger charge is 2.35. The fourth-order valence-corrected chi connectivity index (χ4v) is 3.80. The van der Waals surface area contributed by atoms with E-state index in [9.17, 15) is 0 Å². The quantitative estimate of drug-likeness (QED) is 0.747. The molecule has 0 saturated heterocycles. The lowest BCUT2D eigenvalue weighted by atomic mass is 9.82. The summed E-state index contributed by atoms with van der Waals surface area (Å²) in [6, 6.07) is 1.76. The molecule has 3 aliphatic rings. The second kappa shape index (κ2) is 4.45. The summed E-state index contributed by atoms with van der Waals surface area (Å²) in [5, 5.41) is 3.93. The second-order valence-electron chi connectivity index (χ2n) is 6.11. The Morgan fingerprint density at radius 3 is 2.07 bits per heavy atom. The molecule has 0 aromatic heterocycles. The van der Waals surface area contributed by atoms with Crippen molar-refractivity contribution >= 4 is 0 Å². The first-order valence-corrected chi connectivity index (χ1v) is 7.18. The van der Waals surface area contributed by atoms with E-state index in [-0.39, 0.29) is 0 Å². The van der Waals surface area contributed by atoms with Gasteiger partial charge in [0.15, 0.2) is 0 Å². The van der Waals surface area contributed by atoms with E-state index >= 15 is 0 Å². The second-order valence-corrected chi connectivity index (χ2v) is 6.11. The summed E-state index contributed by atoms with van der Waals surface area (Å²) in [5.74, 6) is 2.23. The van der Waals surface area contributed by atoms with Gasteiger partial charge in [0.05, 0.1) is 0 Å². The highest BCUT2D eigenvalue weighted by atomic mass is 15.0. The first-order valence-electron chi connectivity index (χ1n) is 7.18. The van der Waals surface area contributed by atoms with Crippen molar-refractivity contribution in [2.75, 3.05) is 0 Å². The van der Waals surface area contributed by atoms with Gasteiger partial charge in [-0.2, -0.15) is 0 Å². The third-order valence-electron chi connectivity index (χ3n) is 4.83. The van der Waals surface area contributed by atoms with Crippen molar-refractivity contribution in [3.8, 4) is 0 Å². The number of rotatable bonds is 3. The molecule has 0 aliphatic heterocycles. The predicted octanol–water partition coefficient (Wildman–Crippen LogP) is 3.49. The third kappa shape index (κ3) is 2.55. The normalized spacial score (nSPS) is 38.4. The largest absolute Gasteiger partial charge is 0.311 e. The monoisotopic (exact) mass is 207 g/mol. The van der Waals surface area contributed by atoms with Gasteiger partial charge in [0.1, 0.15) is 0 Å². The maximum Gasteiger partial charge on any atom is 0.00723 e. The van der Waals surface area contributed by atoms with Crippen molar-refractivity contribution < 1.29 is 0 Å². The molecule has 0 radical (unpaired) electrons. The van der Waals surface area contributed by atoms with E-state index in [1.807, 2.05) is 0 Å². The van der Waals surface area contributed by atoms with Crippen molar-refractivity contribution in [1.82, 2.24) is 5.32 Å². The molecule has 3 aliphatic carbocycles. The molecule has 0 spiro atoms. The average Bonchev–Trinajstić information content (AvgIpc) is 3.00. The summed E-state index contributed by atoms with van der Waals surface area (Å²) in [7, 11) is 0. The van der Waals surface area contributed by atoms with Crippen LogP contribution in [0.4, 0.5) is 0 Å². The van der Waals surface area contributed by atoms with Gasteiger partial charge in [-0.05, 0) is 50.4 Å². The smallest absolute Gasteiger partial charge is 0.00723 e. The standard InChI is InChI=1S/C14H25N/c1-2-6-13(5-1)15-14-7-3-4-12(10-14)11-8-9-11/h11-15H,1-10H2. The Bertz CT molecular complexity index is 201. The minimum atomic E-state index is 0.882. The lowest BCUT2D eigenvalue weighted by Crippen LogP contribution is -2.40. The van der Waals surface area contributed by atoms with Gasteiger partial charge < -0.3 is 5.32 Å². The van der Waals surface area contributed by atoms with Gasteiger partial charge in [-0.25, -0.2) is 0 Å². The summed E-state index contributed by atoms with van der Waals surface area (Å²) in [5.41, 5.74) is 0. The first-order chi connectivity index (χ1) is 7.42. The highest BCUT2D eigenvalue weighted by molar-refractivity contribution is 4.89. The van der Waals surface area contributed by atoms with Crippen LogP contribution in [-0.2, 0) is 0 Å². The molecule has 0 amide bonds. The zero-order valence-electron chi connectivity index (χ0n) is 9.88. The van der Waals surface area contributed by atoms with E-state index in [2.05, 4.69) is 5.32 Å². The molecule has 0 aromatic carbocycles. The molecule has 3 fully saturated rings. The van der Waals surface area contributed by atoms with Crippen LogP contribution in [0.1, 0.15) is 64.2 Å². The Morgan fingerprint density at radius 1 is 0.600 bits per heavy atom. The van der Waals surface area contributed by atoms with Crippen molar-refractivity contribution in [2.45, 2.75) is 76.3 Å². The fourth-order valence-electron chi connectivity index (χ4n) is 3.80. The van der Waals surface area contributed by atoms with E-state index in [0.717, 1.165) is 23.9 Å². The Hall–Kier alpha value is -0.0400. The van der Waals surface area contributed by atoms with Gasteiger partial charge in [0, 0.05) is 12.1 Å². The molecule has 0 heterocycles. The minimum Gasteiger partial charge on any atom is -0.311 e. The Morgan fingerprint density at radius 2 is 1.33 bits per heavy atom. The lowest BCUT2D eigenvalue weighted by Gasteiger charge is -2.32. The lowest BCUT2D eigenvalue weighted by molar-refractivity contribution is 0.246. The van der Waals surface area contributed by atoms with Crippen LogP contribution >= 0.6 is 0 Å². The molecule has 0 aromatic rings. The van der Waals surface area contributed by atoms with Crippen LogP contribution in [0.3, 0.4) is 0 Å². The van der Waals surface area contributed by atoms with Crippen LogP contribution in [0.5, 0.6) is 0 Å². The zero-order chi connectivity index (χ0) is 10.1. The van der Waals surface area contributed by atoms with Crippen LogP contribution in [0.15, 0.2) is 0 Å². The molecule has 15 heavy (non-hydrogen) atoms. The summed E-state index contributed by atoms with van der Waals surface area (Å²) >= 11 is 0. The number of nitrogens with one attached hydrogen (secondary N) is 1. The van der Waals surface area contributed by atoms with Crippen LogP contribution in [0.2, 0.25) is 0 Å². The van der Waals surface area contributed by atoms with Gasteiger partial charge in [-0.1, -0.05) is 25.7 Å². The molecule has 1 N–H and O–H groups in total. The molecule has 1 heteroatoms. The fraction of sp³-hybridized carbons (Fsp3) is 1.00. The minimum absolute atomic E-state index is 0.882. The first kappa shape index (κ1) is 10.1. The van der Waals surface area contributed by atoms with E-state index in [1.165, 1.54) is 51.4 Å². The molecule has 2 unspecified atom stereocenters. The molecule has 3 rings (SSSR count). The van der Waals surface area contributed by atoms with Crippen molar-refractivity contribution in [2.24, 2.45) is 11.8 Å². The van der Waals surface area contributed by atoms with Gasteiger partial charge in [0.25, 0.3) is 0 Å². The number of hydrogen-bond acceptors (Lipinski definition) is 1. The average molecular weight is 207 g/mol. The van der Waals surface area contributed by atoms with E-state index in [4.69, 9.17) is 0 Å². The molecule has 3 saturated carbocycles. The zero-order valence-corrected chi connectivity index (χ0v) is 9.88.